The number of benzene rings is 1. The van der Waals surface area contributed by atoms with Crippen LogP contribution in [0.15, 0.2) is 23.7 Å². The van der Waals surface area contributed by atoms with Crippen LogP contribution in [0.1, 0.15) is 38.8 Å². The summed E-state index contributed by atoms with van der Waals surface area (Å²) < 4.78 is 12.1. The Labute approximate surface area is 127 Å². The predicted molar refractivity (Wildman–Crippen MR) is 88.7 cm³/mol. The van der Waals surface area contributed by atoms with E-state index < -0.39 is 7.12 Å². The number of para-hydroxylation sites is 1. The summed E-state index contributed by atoms with van der Waals surface area (Å²) >= 11 is 0. The highest BCUT2D eigenvalue weighted by Crippen LogP contribution is 2.38. The third kappa shape index (κ3) is 3.00. The van der Waals surface area contributed by atoms with E-state index >= 15 is 0 Å². The van der Waals surface area contributed by atoms with Gasteiger partial charge in [0.2, 0.25) is 0 Å². The molecule has 0 bridgehead atoms. The zero-order chi connectivity index (χ0) is 15.8. The molecule has 1 aromatic carbocycles. The Morgan fingerprint density at radius 2 is 1.76 bits per heavy atom. The van der Waals surface area contributed by atoms with E-state index in [1.165, 1.54) is 0 Å². The average molecular weight is 288 g/mol. The monoisotopic (exact) mass is 288 g/mol. The van der Waals surface area contributed by atoms with Crippen molar-refractivity contribution >= 4 is 18.9 Å². The highest BCUT2D eigenvalue weighted by atomic mass is 16.7. The van der Waals surface area contributed by atoms with Gasteiger partial charge >= 0.3 is 7.12 Å². The molecule has 21 heavy (non-hydrogen) atoms. The molecule has 0 radical (unpaired) electrons. The molecule has 4 nitrogen and oxygen atoms in total. The molecule has 0 aromatic heterocycles. The summed E-state index contributed by atoms with van der Waals surface area (Å²) in [6.07, 6.45) is 1.98. The first-order valence-electron chi connectivity index (χ1n) is 7.29. The van der Waals surface area contributed by atoms with E-state index in [0.29, 0.717) is 6.54 Å². The highest BCUT2D eigenvalue weighted by Gasteiger charge is 2.52. The van der Waals surface area contributed by atoms with Gasteiger partial charge in [-0.2, -0.15) is 0 Å². The fourth-order valence-electron chi connectivity index (χ4n) is 2.25. The Morgan fingerprint density at radius 3 is 2.29 bits per heavy atom. The van der Waals surface area contributed by atoms with Gasteiger partial charge in [0, 0.05) is 12.2 Å². The summed E-state index contributed by atoms with van der Waals surface area (Å²) in [7, 11) is -0.431. The van der Waals surface area contributed by atoms with Gasteiger partial charge in [0.05, 0.1) is 11.2 Å². The van der Waals surface area contributed by atoms with Gasteiger partial charge in [-0.25, -0.2) is 0 Å². The van der Waals surface area contributed by atoms with Gasteiger partial charge in [-0.05, 0) is 51.2 Å². The third-order valence-electron chi connectivity index (χ3n) is 4.49. The first-order chi connectivity index (χ1) is 9.68. The molecule has 1 aliphatic heterocycles. The number of aryl methyl sites for hydroxylation is 1. The lowest BCUT2D eigenvalue weighted by Crippen LogP contribution is -2.41. The summed E-state index contributed by atoms with van der Waals surface area (Å²) in [5.74, 6) is 0. The van der Waals surface area contributed by atoms with Crippen LogP contribution in [-0.4, -0.2) is 24.9 Å². The molecule has 0 saturated carbocycles. The molecule has 0 aliphatic carbocycles. The van der Waals surface area contributed by atoms with Gasteiger partial charge in [0.25, 0.3) is 0 Å². The van der Waals surface area contributed by atoms with Crippen molar-refractivity contribution in [2.45, 2.75) is 45.8 Å². The minimum atomic E-state index is -0.431. The quantitative estimate of drug-likeness (QED) is 0.662. The topological polar surface area (TPSA) is 70.5 Å². The van der Waals surface area contributed by atoms with Crippen molar-refractivity contribution in [2.75, 3.05) is 12.3 Å². The standard InChI is InChI=1S/C16H25BN2O2/c1-11-7-6-8-12(14(11)19)9-13(10-18)17-20-15(2,3)16(4,5)21-17/h6-9H,10,18-19H2,1-5H3. The zero-order valence-electron chi connectivity index (χ0n) is 13.6. The van der Waals surface area contributed by atoms with Crippen LogP contribution in [0.25, 0.3) is 6.08 Å². The molecule has 0 atom stereocenters. The van der Waals surface area contributed by atoms with Crippen LogP contribution in [0.4, 0.5) is 5.69 Å². The number of nitrogens with two attached hydrogens (primary N) is 2. The Bertz CT molecular complexity index is 551. The maximum absolute atomic E-state index is 6.12. The van der Waals surface area contributed by atoms with Gasteiger partial charge in [-0.3, -0.25) is 0 Å². The smallest absolute Gasteiger partial charge is 0.400 e. The normalized spacial score (nSPS) is 20.9. The average Bonchev–Trinajstić information content (AvgIpc) is 2.60. The summed E-state index contributed by atoms with van der Waals surface area (Å²) in [5.41, 5.74) is 14.9. The van der Waals surface area contributed by atoms with Crippen molar-refractivity contribution in [1.82, 2.24) is 0 Å². The lowest BCUT2D eigenvalue weighted by Gasteiger charge is -2.32. The summed E-state index contributed by atoms with van der Waals surface area (Å²) in [6.45, 7) is 10.5. The van der Waals surface area contributed by atoms with Gasteiger partial charge in [0.1, 0.15) is 0 Å². The van der Waals surface area contributed by atoms with Crippen LogP contribution in [-0.2, 0) is 9.31 Å². The van der Waals surface area contributed by atoms with Crippen LogP contribution < -0.4 is 11.5 Å². The minimum Gasteiger partial charge on any atom is -0.400 e. The number of rotatable bonds is 3. The number of hydrogen-bond donors (Lipinski definition) is 2. The highest BCUT2D eigenvalue weighted by molar-refractivity contribution is 6.56. The first-order valence-corrected chi connectivity index (χ1v) is 7.29. The van der Waals surface area contributed by atoms with Crippen molar-refractivity contribution in [3.05, 3.63) is 34.8 Å². The van der Waals surface area contributed by atoms with Crippen LogP contribution in [0.5, 0.6) is 0 Å². The van der Waals surface area contributed by atoms with Crippen LogP contribution in [0.3, 0.4) is 0 Å². The van der Waals surface area contributed by atoms with E-state index in [4.69, 9.17) is 20.8 Å². The molecule has 1 heterocycles. The molecule has 5 heteroatoms. The second-order valence-corrected chi connectivity index (χ2v) is 6.59. The van der Waals surface area contributed by atoms with Crippen molar-refractivity contribution in [3.63, 3.8) is 0 Å². The molecule has 1 saturated heterocycles. The zero-order valence-corrected chi connectivity index (χ0v) is 13.6. The first kappa shape index (κ1) is 16.1. The molecule has 1 fully saturated rings. The minimum absolute atomic E-state index is 0.365. The Balaban J connectivity index is 2.33. The van der Waals surface area contributed by atoms with Crippen molar-refractivity contribution < 1.29 is 9.31 Å². The number of hydrogen-bond acceptors (Lipinski definition) is 4. The Kier molecular flexibility index (Phi) is 4.20. The lowest BCUT2D eigenvalue weighted by atomic mass is 9.77. The van der Waals surface area contributed by atoms with E-state index in [2.05, 4.69) is 0 Å². The maximum atomic E-state index is 6.12. The molecule has 0 amide bonds. The predicted octanol–water partition coefficient (Wildman–Crippen LogP) is 2.55. The van der Waals surface area contributed by atoms with E-state index in [1.54, 1.807) is 0 Å². The fourth-order valence-corrected chi connectivity index (χ4v) is 2.25. The molecule has 114 valence electrons. The fraction of sp³-hybridized carbons (Fsp3) is 0.500. The van der Waals surface area contributed by atoms with E-state index in [-0.39, 0.29) is 11.2 Å². The van der Waals surface area contributed by atoms with Crippen LogP contribution in [0, 0.1) is 6.92 Å². The molecule has 0 spiro atoms. The molecule has 2 rings (SSSR count). The summed E-state index contributed by atoms with van der Waals surface area (Å²) in [5, 5.41) is 0. The van der Waals surface area contributed by atoms with Gasteiger partial charge in [0.15, 0.2) is 0 Å². The van der Waals surface area contributed by atoms with Gasteiger partial charge in [-0.15, -0.1) is 0 Å². The van der Waals surface area contributed by atoms with Crippen molar-refractivity contribution in [3.8, 4) is 0 Å². The van der Waals surface area contributed by atoms with Crippen molar-refractivity contribution in [2.24, 2.45) is 5.73 Å². The molecule has 1 aromatic rings. The van der Waals surface area contributed by atoms with Crippen LogP contribution >= 0.6 is 0 Å². The van der Waals surface area contributed by atoms with E-state index in [1.807, 2.05) is 58.9 Å². The molecule has 4 N–H and O–H groups in total. The SMILES string of the molecule is Cc1cccc(C=C(CN)B2OC(C)(C)C(C)(C)O2)c1N. The summed E-state index contributed by atoms with van der Waals surface area (Å²) in [4.78, 5) is 0. The third-order valence-corrected chi connectivity index (χ3v) is 4.49. The van der Waals surface area contributed by atoms with Gasteiger partial charge in [-0.1, -0.05) is 24.3 Å². The maximum Gasteiger partial charge on any atom is 0.491 e. The van der Waals surface area contributed by atoms with E-state index in [0.717, 1.165) is 22.3 Å². The number of anilines is 1. The second-order valence-electron chi connectivity index (χ2n) is 6.59. The molecule has 1 aliphatic rings. The van der Waals surface area contributed by atoms with Crippen molar-refractivity contribution in [1.29, 1.82) is 0 Å². The van der Waals surface area contributed by atoms with Gasteiger partial charge < -0.3 is 20.8 Å². The molecular formula is C16H25BN2O2. The number of nitrogen functional groups attached to an aromatic ring is 1. The molecular weight excluding hydrogens is 263 g/mol. The Hall–Kier alpha value is -1.30. The largest absolute Gasteiger partial charge is 0.491 e. The molecule has 0 unspecified atom stereocenters. The Morgan fingerprint density at radius 1 is 1.19 bits per heavy atom. The summed E-state index contributed by atoms with van der Waals surface area (Å²) in [6, 6.07) is 5.95. The lowest BCUT2D eigenvalue weighted by molar-refractivity contribution is 0.00578. The second kappa shape index (κ2) is 5.48. The van der Waals surface area contributed by atoms with E-state index in [9.17, 15) is 0 Å². The van der Waals surface area contributed by atoms with Crippen LogP contribution in [0.2, 0.25) is 0 Å².